The van der Waals surface area contributed by atoms with Crippen molar-refractivity contribution in [2.24, 2.45) is 0 Å². The zero-order valence-corrected chi connectivity index (χ0v) is 14.6. The van der Waals surface area contributed by atoms with Crippen molar-refractivity contribution in [3.8, 4) is 0 Å². The van der Waals surface area contributed by atoms with Crippen molar-refractivity contribution in [2.75, 3.05) is 6.54 Å². The second-order valence-corrected chi connectivity index (χ2v) is 7.06. The van der Waals surface area contributed by atoms with E-state index in [1.54, 1.807) is 6.92 Å². The molecule has 0 fully saturated rings. The van der Waals surface area contributed by atoms with Crippen LogP contribution in [0.4, 0.5) is 0 Å². The molecule has 0 saturated carbocycles. The van der Waals surface area contributed by atoms with E-state index in [4.69, 9.17) is 39.9 Å². The van der Waals surface area contributed by atoms with E-state index in [1.807, 2.05) is 36.6 Å². The van der Waals surface area contributed by atoms with Crippen LogP contribution in [-0.2, 0) is 16.1 Å². The Morgan fingerprint density at radius 3 is 2.26 bits per heavy atom. The molecule has 1 aliphatic heterocycles. The van der Waals surface area contributed by atoms with Gasteiger partial charge in [0.25, 0.3) is 3.79 Å². The standard InChI is InChI=1S/C14H15NO.C2HCl3O2/c1-12(16)14-8-5-9-15(11-14)10-13-6-3-2-4-7-13;3-2(4,5)1(6)7/h2-9H,10-11H2,1H3;(H,6,7). The van der Waals surface area contributed by atoms with Crippen LogP contribution in [0.25, 0.3) is 0 Å². The Kier molecular flexibility index (Phi) is 7.62. The van der Waals surface area contributed by atoms with E-state index in [9.17, 15) is 9.59 Å². The molecule has 0 radical (unpaired) electrons. The van der Waals surface area contributed by atoms with E-state index in [0.717, 1.165) is 12.1 Å². The number of hydrogen-bond donors (Lipinski definition) is 1. The zero-order valence-electron chi connectivity index (χ0n) is 12.4. The summed E-state index contributed by atoms with van der Waals surface area (Å²) in [5.41, 5.74) is 2.13. The van der Waals surface area contributed by atoms with Crippen LogP contribution in [0.3, 0.4) is 0 Å². The number of ketones is 1. The number of carboxylic acid groups (broad SMARTS) is 1. The van der Waals surface area contributed by atoms with Gasteiger partial charge in [-0.3, -0.25) is 4.79 Å². The fourth-order valence-corrected chi connectivity index (χ4v) is 1.76. The summed E-state index contributed by atoms with van der Waals surface area (Å²) in [4.78, 5) is 23.0. The maximum absolute atomic E-state index is 11.3. The van der Waals surface area contributed by atoms with Crippen molar-refractivity contribution in [1.29, 1.82) is 0 Å². The number of alkyl halides is 3. The minimum absolute atomic E-state index is 0.155. The topological polar surface area (TPSA) is 57.6 Å². The lowest BCUT2D eigenvalue weighted by atomic mass is 10.1. The summed E-state index contributed by atoms with van der Waals surface area (Å²) in [5.74, 6) is -1.31. The van der Waals surface area contributed by atoms with Crippen molar-refractivity contribution < 1.29 is 14.7 Å². The summed E-state index contributed by atoms with van der Waals surface area (Å²) in [6.45, 7) is 3.17. The van der Waals surface area contributed by atoms with Crippen LogP contribution in [0.2, 0.25) is 0 Å². The van der Waals surface area contributed by atoms with Crippen LogP contribution in [-0.4, -0.2) is 32.1 Å². The lowest BCUT2D eigenvalue weighted by Gasteiger charge is -2.23. The average Bonchev–Trinajstić information content (AvgIpc) is 2.48. The number of hydrogen-bond acceptors (Lipinski definition) is 3. The molecule has 1 N–H and O–H groups in total. The SMILES string of the molecule is CC(=O)C1=CC=CN(Cc2ccccc2)C1.O=C(O)C(Cl)(Cl)Cl. The molecule has 7 heteroatoms. The fourth-order valence-electron chi connectivity index (χ4n) is 1.76. The number of allylic oxidation sites excluding steroid dienone is 2. The third-order valence-electron chi connectivity index (χ3n) is 2.89. The van der Waals surface area contributed by atoms with Gasteiger partial charge in [0.05, 0.1) is 0 Å². The van der Waals surface area contributed by atoms with Gasteiger partial charge in [0.15, 0.2) is 5.78 Å². The van der Waals surface area contributed by atoms with Gasteiger partial charge < -0.3 is 10.0 Å². The fraction of sp³-hybridized carbons (Fsp3) is 0.250. The van der Waals surface area contributed by atoms with Gasteiger partial charge >= 0.3 is 5.97 Å². The number of carboxylic acids is 1. The number of benzene rings is 1. The van der Waals surface area contributed by atoms with Crippen molar-refractivity contribution in [1.82, 2.24) is 4.90 Å². The highest BCUT2D eigenvalue weighted by Gasteiger charge is 2.29. The molecule has 0 saturated heterocycles. The van der Waals surface area contributed by atoms with Crippen LogP contribution in [0.15, 0.2) is 54.3 Å². The number of carbonyl (C=O) groups excluding carboxylic acids is 1. The predicted molar refractivity (Wildman–Crippen MR) is 92.7 cm³/mol. The number of halogens is 3. The summed E-state index contributed by atoms with van der Waals surface area (Å²) >= 11 is 14.4. The van der Waals surface area contributed by atoms with Gasteiger partial charge in [-0.25, -0.2) is 4.79 Å². The highest BCUT2D eigenvalue weighted by Crippen LogP contribution is 2.25. The lowest BCUT2D eigenvalue weighted by Crippen LogP contribution is -2.24. The summed E-state index contributed by atoms with van der Waals surface area (Å²) in [7, 11) is 0. The van der Waals surface area contributed by atoms with Gasteiger partial charge in [0.1, 0.15) is 0 Å². The van der Waals surface area contributed by atoms with E-state index in [1.165, 1.54) is 5.56 Å². The van der Waals surface area contributed by atoms with Gasteiger partial charge in [-0.1, -0.05) is 71.2 Å². The Morgan fingerprint density at radius 1 is 1.22 bits per heavy atom. The largest absolute Gasteiger partial charge is 0.478 e. The average molecular weight is 377 g/mol. The van der Waals surface area contributed by atoms with Crippen LogP contribution < -0.4 is 0 Å². The Hall–Kier alpha value is -1.49. The van der Waals surface area contributed by atoms with E-state index >= 15 is 0 Å². The van der Waals surface area contributed by atoms with Crippen molar-refractivity contribution in [2.45, 2.75) is 17.3 Å². The maximum Gasteiger partial charge on any atom is 0.356 e. The molecule has 0 spiro atoms. The maximum atomic E-state index is 11.3. The number of carbonyl (C=O) groups is 2. The van der Waals surface area contributed by atoms with E-state index < -0.39 is 9.76 Å². The monoisotopic (exact) mass is 375 g/mol. The van der Waals surface area contributed by atoms with Gasteiger partial charge in [-0.15, -0.1) is 0 Å². The number of Topliss-reactive ketones (excluding diaryl/α,β-unsaturated/α-hetero) is 1. The predicted octanol–water partition coefficient (Wildman–Crippen LogP) is 3.97. The smallest absolute Gasteiger partial charge is 0.356 e. The lowest BCUT2D eigenvalue weighted by molar-refractivity contribution is -0.135. The van der Waals surface area contributed by atoms with Gasteiger partial charge in [0.2, 0.25) is 0 Å². The molecular weight excluding hydrogens is 361 g/mol. The first-order valence-electron chi connectivity index (χ1n) is 6.66. The second kappa shape index (κ2) is 8.96. The van der Waals surface area contributed by atoms with Crippen LogP contribution in [0.1, 0.15) is 12.5 Å². The summed E-state index contributed by atoms with van der Waals surface area (Å²) in [5, 5.41) is 7.85. The van der Waals surface area contributed by atoms with Crippen molar-refractivity contribution in [3.05, 3.63) is 59.8 Å². The molecule has 1 aromatic carbocycles. The van der Waals surface area contributed by atoms with Gasteiger partial charge in [-0.05, 0) is 24.8 Å². The van der Waals surface area contributed by atoms with E-state index in [0.29, 0.717) is 6.54 Å². The molecule has 1 aliphatic rings. The first kappa shape index (κ1) is 19.6. The quantitative estimate of drug-likeness (QED) is 0.811. The van der Waals surface area contributed by atoms with Crippen molar-refractivity contribution in [3.63, 3.8) is 0 Å². The molecule has 1 heterocycles. The minimum atomic E-state index is -2.17. The normalized spacial score (nSPS) is 13.7. The first-order valence-corrected chi connectivity index (χ1v) is 7.80. The summed E-state index contributed by atoms with van der Waals surface area (Å²) in [6, 6.07) is 10.3. The minimum Gasteiger partial charge on any atom is -0.478 e. The third-order valence-corrected chi connectivity index (χ3v) is 3.38. The molecular formula is C16H16Cl3NO3. The molecule has 0 aromatic heterocycles. The summed E-state index contributed by atoms with van der Waals surface area (Å²) in [6.07, 6.45) is 5.85. The Labute approximate surface area is 149 Å². The number of rotatable bonds is 3. The molecule has 4 nitrogen and oxygen atoms in total. The highest BCUT2D eigenvalue weighted by molar-refractivity contribution is 6.75. The molecule has 23 heavy (non-hydrogen) atoms. The third kappa shape index (κ3) is 7.55. The van der Waals surface area contributed by atoms with Gasteiger partial charge in [-0.2, -0.15) is 0 Å². The second-order valence-electron chi connectivity index (χ2n) is 4.78. The zero-order chi connectivity index (χ0) is 17.5. The molecule has 0 unspecified atom stereocenters. The molecule has 0 amide bonds. The Balaban J connectivity index is 0.000000322. The Bertz CT molecular complexity index is 607. The highest BCUT2D eigenvalue weighted by atomic mass is 35.6. The summed E-state index contributed by atoms with van der Waals surface area (Å²) < 4.78 is -2.17. The molecule has 0 atom stereocenters. The first-order chi connectivity index (χ1) is 10.7. The molecule has 2 rings (SSSR count). The Morgan fingerprint density at radius 2 is 1.78 bits per heavy atom. The number of nitrogens with zero attached hydrogens (tertiary/aromatic N) is 1. The molecule has 0 bridgehead atoms. The van der Waals surface area contributed by atoms with Gasteiger partial charge in [0, 0.05) is 18.7 Å². The van der Waals surface area contributed by atoms with Crippen LogP contribution in [0.5, 0.6) is 0 Å². The molecule has 124 valence electrons. The van der Waals surface area contributed by atoms with Crippen LogP contribution >= 0.6 is 34.8 Å². The van der Waals surface area contributed by atoms with E-state index in [-0.39, 0.29) is 5.78 Å². The van der Waals surface area contributed by atoms with E-state index in [2.05, 4.69) is 17.0 Å². The van der Waals surface area contributed by atoms with Crippen molar-refractivity contribution >= 4 is 46.6 Å². The molecule has 0 aliphatic carbocycles. The molecule has 1 aromatic rings. The van der Waals surface area contributed by atoms with Crippen LogP contribution in [0, 0.1) is 0 Å². The number of aliphatic carboxylic acids is 1.